The van der Waals surface area contributed by atoms with E-state index < -0.39 is 24.1 Å². The number of amides is 1. The lowest BCUT2D eigenvalue weighted by Crippen LogP contribution is -2.36. The van der Waals surface area contributed by atoms with Crippen LogP contribution in [0.1, 0.15) is 27.6 Å². The van der Waals surface area contributed by atoms with Gasteiger partial charge in [-0.2, -0.15) is 0 Å². The van der Waals surface area contributed by atoms with Crippen LogP contribution in [-0.4, -0.2) is 47.5 Å². The summed E-state index contributed by atoms with van der Waals surface area (Å²) in [6, 6.07) is 11.7. The number of aliphatic hydroxyl groups is 2. The second-order valence-electron chi connectivity index (χ2n) is 5.69. The summed E-state index contributed by atoms with van der Waals surface area (Å²) in [5.41, 5.74) is 0.605. The summed E-state index contributed by atoms with van der Waals surface area (Å²) in [5, 5.41) is 32.9. The average Bonchev–Trinajstić information content (AvgIpc) is 2.70. The molecule has 0 saturated carbocycles. The number of alkyl carbamates (subject to hydrolysis) is 1. The fraction of sp³-hybridized carbons (Fsp3) is 0.263. The molecule has 0 radical (unpaired) electrons. The van der Waals surface area contributed by atoms with E-state index in [1.54, 1.807) is 12.1 Å². The van der Waals surface area contributed by atoms with Crippen LogP contribution in [0.2, 0.25) is 0 Å². The molecule has 0 aliphatic rings. The summed E-state index contributed by atoms with van der Waals surface area (Å²) in [7, 11) is 1.31. The third-order valence-electron chi connectivity index (χ3n) is 3.89. The fourth-order valence-electron chi connectivity index (χ4n) is 2.45. The summed E-state index contributed by atoms with van der Waals surface area (Å²) in [5.74, 6) is -0.419. The number of benzene rings is 2. The normalized spacial score (nSPS) is 12.7. The van der Waals surface area contributed by atoms with Gasteiger partial charge in [-0.1, -0.05) is 30.3 Å². The van der Waals surface area contributed by atoms with Crippen molar-refractivity contribution < 1.29 is 34.4 Å². The smallest absolute Gasteiger partial charge is 0.407 e. The number of carbonyl (C=O) groups is 2. The Hall–Kier alpha value is -3.10. The van der Waals surface area contributed by atoms with Gasteiger partial charge in [-0.15, -0.1) is 0 Å². The van der Waals surface area contributed by atoms with Gasteiger partial charge >= 0.3 is 6.09 Å². The van der Waals surface area contributed by atoms with E-state index in [1.165, 1.54) is 19.2 Å². The highest BCUT2D eigenvalue weighted by molar-refractivity contribution is 5.80. The van der Waals surface area contributed by atoms with Crippen LogP contribution in [0.4, 0.5) is 4.79 Å². The van der Waals surface area contributed by atoms with E-state index in [0.29, 0.717) is 6.29 Å². The summed E-state index contributed by atoms with van der Waals surface area (Å²) >= 11 is 0. The van der Waals surface area contributed by atoms with Gasteiger partial charge in [0.1, 0.15) is 18.8 Å². The van der Waals surface area contributed by atoms with E-state index >= 15 is 0 Å². The first kappa shape index (κ1) is 20.2. The highest BCUT2D eigenvalue weighted by Crippen LogP contribution is 2.36. The van der Waals surface area contributed by atoms with Crippen LogP contribution in [0, 0.1) is 0 Å². The maximum atomic E-state index is 11.7. The molecule has 8 heteroatoms. The van der Waals surface area contributed by atoms with Gasteiger partial charge in [0.05, 0.1) is 7.11 Å². The monoisotopic (exact) mass is 375 g/mol. The van der Waals surface area contributed by atoms with Crippen molar-refractivity contribution in [3.63, 3.8) is 0 Å². The van der Waals surface area contributed by atoms with Gasteiger partial charge in [0, 0.05) is 17.7 Å². The third kappa shape index (κ3) is 5.19. The maximum Gasteiger partial charge on any atom is 0.407 e. The van der Waals surface area contributed by atoms with E-state index in [4.69, 9.17) is 9.47 Å². The van der Waals surface area contributed by atoms with Gasteiger partial charge in [0.25, 0.3) is 0 Å². The first-order valence-electron chi connectivity index (χ1n) is 8.13. The number of methoxy groups -OCH3 is 1. The Morgan fingerprint density at radius 1 is 1.19 bits per heavy atom. The Kier molecular flexibility index (Phi) is 7.16. The topological polar surface area (TPSA) is 125 Å². The van der Waals surface area contributed by atoms with E-state index in [-0.39, 0.29) is 30.0 Å². The highest BCUT2D eigenvalue weighted by atomic mass is 16.5. The molecule has 0 saturated heterocycles. The molecule has 0 fully saturated rings. The molecule has 0 heterocycles. The number of ether oxygens (including phenoxy) is 2. The maximum absolute atomic E-state index is 11.7. The fourth-order valence-corrected chi connectivity index (χ4v) is 2.45. The second-order valence-corrected chi connectivity index (χ2v) is 5.69. The molecule has 1 amide bonds. The highest BCUT2D eigenvalue weighted by Gasteiger charge is 2.26. The first-order valence-corrected chi connectivity index (χ1v) is 8.13. The molecule has 2 aromatic carbocycles. The molecule has 8 nitrogen and oxygen atoms in total. The van der Waals surface area contributed by atoms with Crippen LogP contribution in [0.15, 0.2) is 42.5 Å². The van der Waals surface area contributed by atoms with Crippen LogP contribution in [0.25, 0.3) is 0 Å². The minimum Gasteiger partial charge on any atom is -0.504 e. The van der Waals surface area contributed by atoms with Crippen LogP contribution >= 0.6 is 0 Å². The zero-order valence-corrected chi connectivity index (χ0v) is 14.7. The number of nitrogens with one attached hydrogen (secondary N) is 1. The first-order chi connectivity index (χ1) is 13.0. The van der Waals surface area contributed by atoms with Crippen molar-refractivity contribution in [2.24, 2.45) is 0 Å². The average molecular weight is 375 g/mol. The molecule has 0 aromatic heterocycles. The lowest BCUT2D eigenvalue weighted by atomic mass is 9.97. The van der Waals surface area contributed by atoms with Crippen molar-refractivity contribution in [3.05, 3.63) is 59.2 Å². The number of rotatable bonds is 8. The predicted octanol–water partition coefficient (Wildman–Crippen LogP) is 1.53. The van der Waals surface area contributed by atoms with Crippen molar-refractivity contribution in [2.75, 3.05) is 13.7 Å². The molecule has 144 valence electrons. The number of phenolic OH excluding ortho intramolecular Hbond substituents is 1. The molecular formula is C19H21NO7. The van der Waals surface area contributed by atoms with Gasteiger partial charge in [-0.3, -0.25) is 4.79 Å². The summed E-state index contributed by atoms with van der Waals surface area (Å²) in [6.07, 6.45) is -3.47. The minimum atomic E-state index is -1.63. The van der Waals surface area contributed by atoms with Gasteiger partial charge < -0.3 is 30.1 Å². The van der Waals surface area contributed by atoms with Crippen molar-refractivity contribution >= 4 is 12.4 Å². The Labute approximate surface area is 156 Å². The Morgan fingerprint density at radius 2 is 1.89 bits per heavy atom. The molecule has 0 bridgehead atoms. The predicted molar refractivity (Wildman–Crippen MR) is 95.6 cm³/mol. The SMILES string of the molecule is COc1ccc(C=O)c(C(O)C(O)CNC(=O)OCc2ccccc2)c1O. The molecular weight excluding hydrogens is 354 g/mol. The standard InChI is InChI=1S/C19H21NO7/c1-26-15-8-7-13(10-21)16(18(15)24)17(23)14(22)9-20-19(25)27-11-12-5-3-2-4-6-12/h2-8,10,14,17,22-24H,9,11H2,1H3,(H,20,25). The number of aldehydes is 1. The van der Waals surface area contributed by atoms with E-state index in [1.807, 2.05) is 18.2 Å². The van der Waals surface area contributed by atoms with Crippen LogP contribution in [0.3, 0.4) is 0 Å². The molecule has 2 aromatic rings. The molecule has 0 spiro atoms. The number of hydrogen-bond donors (Lipinski definition) is 4. The Bertz CT molecular complexity index is 779. The van der Waals surface area contributed by atoms with Crippen LogP contribution in [-0.2, 0) is 11.3 Å². The van der Waals surface area contributed by atoms with Crippen molar-refractivity contribution in [1.29, 1.82) is 0 Å². The van der Waals surface area contributed by atoms with E-state index in [2.05, 4.69) is 5.32 Å². The number of hydrogen-bond acceptors (Lipinski definition) is 7. The largest absolute Gasteiger partial charge is 0.504 e. The Morgan fingerprint density at radius 3 is 2.52 bits per heavy atom. The summed E-state index contributed by atoms with van der Waals surface area (Å²) < 4.78 is 9.94. The molecule has 2 atom stereocenters. The number of aromatic hydroxyl groups is 1. The Balaban J connectivity index is 1.96. The van der Waals surface area contributed by atoms with Crippen molar-refractivity contribution in [2.45, 2.75) is 18.8 Å². The van der Waals surface area contributed by atoms with Gasteiger partial charge in [-0.05, 0) is 17.7 Å². The molecule has 2 rings (SSSR count). The van der Waals surface area contributed by atoms with Gasteiger partial charge in [0.15, 0.2) is 17.8 Å². The zero-order chi connectivity index (χ0) is 19.8. The number of carbonyl (C=O) groups excluding carboxylic acids is 2. The molecule has 2 unspecified atom stereocenters. The second kappa shape index (κ2) is 9.56. The lowest BCUT2D eigenvalue weighted by molar-refractivity contribution is 0.0166. The lowest BCUT2D eigenvalue weighted by Gasteiger charge is -2.21. The minimum absolute atomic E-state index is 0.00787. The third-order valence-corrected chi connectivity index (χ3v) is 3.89. The van der Waals surface area contributed by atoms with E-state index in [9.17, 15) is 24.9 Å². The number of aliphatic hydroxyl groups excluding tert-OH is 2. The van der Waals surface area contributed by atoms with Crippen molar-refractivity contribution in [3.8, 4) is 11.5 Å². The molecule has 27 heavy (non-hydrogen) atoms. The van der Waals surface area contributed by atoms with Crippen molar-refractivity contribution in [1.82, 2.24) is 5.32 Å². The van der Waals surface area contributed by atoms with Crippen LogP contribution < -0.4 is 10.1 Å². The molecule has 0 aliphatic heterocycles. The summed E-state index contributed by atoms with van der Waals surface area (Å²) in [6.45, 7) is -0.305. The van der Waals surface area contributed by atoms with Crippen LogP contribution in [0.5, 0.6) is 11.5 Å². The van der Waals surface area contributed by atoms with Gasteiger partial charge in [0.2, 0.25) is 0 Å². The van der Waals surface area contributed by atoms with E-state index in [0.717, 1.165) is 5.56 Å². The molecule has 4 N–H and O–H groups in total. The quantitative estimate of drug-likeness (QED) is 0.516. The molecule has 0 aliphatic carbocycles. The summed E-state index contributed by atoms with van der Waals surface area (Å²) in [4.78, 5) is 22.9. The van der Waals surface area contributed by atoms with Gasteiger partial charge in [-0.25, -0.2) is 4.79 Å². The number of phenols is 1. The zero-order valence-electron chi connectivity index (χ0n) is 14.7.